The van der Waals surface area contributed by atoms with Crippen LogP contribution in [0, 0.1) is 12.8 Å². The van der Waals surface area contributed by atoms with Gasteiger partial charge in [-0.3, -0.25) is 14.4 Å². The van der Waals surface area contributed by atoms with Gasteiger partial charge in [-0.05, 0) is 38.0 Å². The zero-order valence-electron chi connectivity index (χ0n) is 15.6. The van der Waals surface area contributed by atoms with E-state index in [1.165, 1.54) is 12.3 Å². The number of likely N-dealkylation sites (tertiary alicyclic amines) is 1. The Kier molecular flexibility index (Phi) is 6.76. The number of aromatic nitrogens is 1. The molecule has 2 amide bonds. The highest BCUT2D eigenvalue weighted by molar-refractivity contribution is 6.36. The van der Waals surface area contributed by atoms with Crippen molar-refractivity contribution >= 4 is 46.8 Å². The van der Waals surface area contributed by atoms with E-state index in [1.807, 2.05) is 0 Å². The van der Waals surface area contributed by atoms with E-state index in [0.29, 0.717) is 36.6 Å². The fourth-order valence-electron chi connectivity index (χ4n) is 2.94. The van der Waals surface area contributed by atoms with Crippen LogP contribution in [0.25, 0.3) is 0 Å². The number of carbonyl (C=O) groups is 3. The highest BCUT2D eigenvalue weighted by Gasteiger charge is 2.30. The number of rotatable bonds is 5. The molecule has 1 aliphatic rings. The summed E-state index contributed by atoms with van der Waals surface area (Å²) in [6.45, 7) is 2.05. The first kappa shape index (κ1) is 21.1. The Bertz CT molecular complexity index is 909. The maximum Gasteiger partial charge on any atom is 0.309 e. The SMILES string of the molecule is Cc1nc(NC(=O)COC(=O)C2CCN(C(=O)c3ccco3)CC2)c(Cl)cc1Cl. The molecule has 2 aromatic rings. The summed E-state index contributed by atoms with van der Waals surface area (Å²) in [4.78, 5) is 42.2. The molecule has 8 nitrogen and oxygen atoms in total. The number of aryl methyl sites for hydroxylation is 1. The monoisotopic (exact) mass is 439 g/mol. The highest BCUT2D eigenvalue weighted by Crippen LogP contribution is 2.25. The Morgan fingerprint density at radius 2 is 2.00 bits per heavy atom. The van der Waals surface area contributed by atoms with Gasteiger partial charge in [0.2, 0.25) is 0 Å². The standard InChI is InChI=1S/C19H19Cl2N3O5/c1-11-13(20)9-14(21)17(22-11)23-16(25)10-29-19(27)12-4-6-24(7-5-12)18(26)15-3-2-8-28-15/h2-3,8-9,12H,4-7,10H2,1H3,(H,22,23,25). The maximum absolute atomic E-state index is 12.2. The van der Waals surface area contributed by atoms with Crippen molar-refractivity contribution < 1.29 is 23.5 Å². The molecule has 0 unspecified atom stereocenters. The van der Waals surface area contributed by atoms with Crippen molar-refractivity contribution in [1.29, 1.82) is 0 Å². The van der Waals surface area contributed by atoms with Gasteiger partial charge in [0.1, 0.15) is 0 Å². The number of carbonyl (C=O) groups excluding carboxylic acids is 3. The predicted octanol–water partition coefficient (Wildman–Crippen LogP) is 3.32. The number of hydrogen-bond acceptors (Lipinski definition) is 6. The van der Waals surface area contributed by atoms with Gasteiger partial charge in [0, 0.05) is 13.1 Å². The van der Waals surface area contributed by atoms with Crippen LogP contribution >= 0.6 is 23.2 Å². The lowest BCUT2D eigenvalue weighted by Crippen LogP contribution is -2.40. The third kappa shape index (κ3) is 5.27. The summed E-state index contributed by atoms with van der Waals surface area (Å²) < 4.78 is 10.2. The van der Waals surface area contributed by atoms with Crippen molar-refractivity contribution in [3.05, 3.63) is 46.0 Å². The summed E-state index contributed by atoms with van der Waals surface area (Å²) in [5.74, 6) is -1.19. The van der Waals surface area contributed by atoms with Crippen LogP contribution < -0.4 is 5.32 Å². The first-order valence-electron chi connectivity index (χ1n) is 8.97. The van der Waals surface area contributed by atoms with Crippen LogP contribution in [-0.2, 0) is 14.3 Å². The molecular weight excluding hydrogens is 421 g/mol. The molecule has 1 aliphatic heterocycles. The number of ether oxygens (including phenoxy) is 1. The van der Waals surface area contributed by atoms with Crippen molar-refractivity contribution in [2.45, 2.75) is 19.8 Å². The summed E-state index contributed by atoms with van der Waals surface area (Å²) in [5, 5.41) is 3.07. The Morgan fingerprint density at radius 3 is 2.66 bits per heavy atom. The quantitative estimate of drug-likeness (QED) is 0.716. The molecule has 0 bridgehead atoms. The van der Waals surface area contributed by atoms with Gasteiger partial charge in [0.25, 0.3) is 11.8 Å². The highest BCUT2D eigenvalue weighted by atomic mass is 35.5. The van der Waals surface area contributed by atoms with E-state index >= 15 is 0 Å². The van der Waals surface area contributed by atoms with Gasteiger partial charge in [-0.2, -0.15) is 0 Å². The second kappa shape index (κ2) is 9.28. The van der Waals surface area contributed by atoms with Crippen LogP contribution in [0.4, 0.5) is 5.82 Å². The Balaban J connectivity index is 1.45. The number of pyridine rings is 1. The Labute approximate surface area is 177 Å². The van der Waals surface area contributed by atoms with Crippen molar-refractivity contribution in [3.8, 4) is 0 Å². The number of esters is 1. The van der Waals surface area contributed by atoms with Crippen molar-refractivity contribution in [2.24, 2.45) is 5.92 Å². The molecule has 0 aliphatic carbocycles. The van der Waals surface area contributed by atoms with E-state index in [9.17, 15) is 14.4 Å². The van der Waals surface area contributed by atoms with E-state index in [-0.39, 0.29) is 28.4 Å². The summed E-state index contributed by atoms with van der Waals surface area (Å²) >= 11 is 11.9. The molecule has 0 aromatic carbocycles. The van der Waals surface area contributed by atoms with Crippen LogP contribution in [0.3, 0.4) is 0 Å². The van der Waals surface area contributed by atoms with Crippen LogP contribution in [-0.4, -0.2) is 47.4 Å². The minimum atomic E-state index is -0.556. The molecule has 1 saturated heterocycles. The third-order valence-electron chi connectivity index (χ3n) is 4.56. The number of halogens is 2. The largest absolute Gasteiger partial charge is 0.459 e. The van der Waals surface area contributed by atoms with Gasteiger partial charge in [-0.25, -0.2) is 4.98 Å². The molecule has 154 valence electrons. The molecule has 1 fully saturated rings. The summed E-state index contributed by atoms with van der Waals surface area (Å²) in [7, 11) is 0. The minimum Gasteiger partial charge on any atom is -0.459 e. The van der Waals surface area contributed by atoms with E-state index in [4.69, 9.17) is 32.4 Å². The van der Waals surface area contributed by atoms with Gasteiger partial charge < -0.3 is 19.4 Å². The zero-order chi connectivity index (χ0) is 21.0. The fourth-order valence-corrected chi connectivity index (χ4v) is 3.35. The second-order valence-corrected chi connectivity index (χ2v) is 7.40. The molecule has 29 heavy (non-hydrogen) atoms. The van der Waals surface area contributed by atoms with Crippen LogP contribution in [0.2, 0.25) is 10.0 Å². The number of nitrogens with one attached hydrogen (secondary N) is 1. The lowest BCUT2D eigenvalue weighted by Gasteiger charge is -2.30. The normalized spacial score (nSPS) is 14.5. The number of amides is 2. The molecule has 0 radical (unpaired) electrons. The first-order valence-corrected chi connectivity index (χ1v) is 9.72. The molecule has 0 saturated carbocycles. The first-order chi connectivity index (χ1) is 13.8. The summed E-state index contributed by atoms with van der Waals surface area (Å²) in [5.41, 5.74) is 0.513. The number of piperidine rings is 1. The second-order valence-electron chi connectivity index (χ2n) is 6.59. The van der Waals surface area contributed by atoms with Gasteiger partial charge in [0.15, 0.2) is 18.2 Å². The lowest BCUT2D eigenvalue weighted by molar-refractivity contribution is -0.152. The van der Waals surface area contributed by atoms with Crippen LogP contribution in [0.5, 0.6) is 0 Å². The molecule has 0 spiro atoms. The van der Waals surface area contributed by atoms with E-state index < -0.39 is 18.5 Å². The number of hydrogen-bond donors (Lipinski definition) is 1. The topological polar surface area (TPSA) is 102 Å². The molecule has 3 rings (SSSR count). The Morgan fingerprint density at radius 1 is 1.28 bits per heavy atom. The summed E-state index contributed by atoms with van der Waals surface area (Å²) in [6, 6.07) is 4.73. The van der Waals surface area contributed by atoms with Gasteiger partial charge in [0.05, 0.1) is 27.9 Å². The van der Waals surface area contributed by atoms with E-state index in [2.05, 4.69) is 10.3 Å². The number of nitrogens with zero attached hydrogens (tertiary/aromatic N) is 2. The van der Waals surface area contributed by atoms with Crippen molar-refractivity contribution in [2.75, 3.05) is 25.0 Å². The smallest absolute Gasteiger partial charge is 0.309 e. The molecule has 10 heteroatoms. The average molecular weight is 440 g/mol. The Hall–Kier alpha value is -2.58. The van der Waals surface area contributed by atoms with E-state index in [0.717, 1.165) is 0 Å². The summed E-state index contributed by atoms with van der Waals surface area (Å²) in [6.07, 6.45) is 2.35. The predicted molar refractivity (Wildman–Crippen MR) is 106 cm³/mol. The molecular formula is C19H19Cl2N3O5. The minimum absolute atomic E-state index is 0.152. The number of anilines is 1. The van der Waals surface area contributed by atoms with Crippen molar-refractivity contribution in [1.82, 2.24) is 9.88 Å². The van der Waals surface area contributed by atoms with Gasteiger partial charge in [-0.1, -0.05) is 23.2 Å². The maximum atomic E-state index is 12.2. The van der Waals surface area contributed by atoms with Crippen molar-refractivity contribution in [3.63, 3.8) is 0 Å². The molecule has 1 N–H and O–H groups in total. The van der Waals surface area contributed by atoms with Crippen LogP contribution in [0.15, 0.2) is 28.9 Å². The zero-order valence-corrected chi connectivity index (χ0v) is 17.1. The van der Waals surface area contributed by atoms with Gasteiger partial charge >= 0.3 is 5.97 Å². The lowest BCUT2D eigenvalue weighted by atomic mass is 9.97. The third-order valence-corrected chi connectivity index (χ3v) is 5.23. The fraction of sp³-hybridized carbons (Fsp3) is 0.368. The number of furan rings is 1. The van der Waals surface area contributed by atoms with Gasteiger partial charge in [-0.15, -0.1) is 0 Å². The molecule has 2 aromatic heterocycles. The molecule has 0 atom stereocenters. The van der Waals surface area contributed by atoms with Crippen LogP contribution in [0.1, 0.15) is 29.1 Å². The van der Waals surface area contributed by atoms with E-state index in [1.54, 1.807) is 24.0 Å². The molecule has 3 heterocycles. The average Bonchev–Trinajstić information content (AvgIpc) is 3.24.